The van der Waals surface area contributed by atoms with Crippen LogP contribution in [0.15, 0.2) is 79.3 Å². The standard InChI is InChI=1S/C24H19N5O2/c30-20-15-29(24(31)18-8-4-5-11-26-18)14-19-21(20)23(27-17-6-2-1-3-7-17)22(28-19)16-9-12-25-13-10-16/h1-13,27-28H,14-15H2. The highest BCUT2D eigenvalue weighted by Gasteiger charge is 2.33. The van der Waals surface area contributed by atoms with Crippen molar-refractivity contribution in [2.45, 2.75) is 6.54 Å². The Balaban J connectivity index is 1.56. The first-order valence-corrected chi connectivity index (χ1v) is 9.91. The maximum atomic E-state index is 13.2. The van der Waals surface area contributed by atoms with Crippen molar-refractivity contribution in [3.05, 3.63) is 96.2 Å². The Morgan fingerprint density at radius 2 is 1.71 bits per heavy atom. The molecule has 2 N–H and O–H groups in total. The molecule has 0 radical (unpaired) electrons. The lowest BCUT2D eigenvalue weighted by Crippen LogP contribution is -2.39. The van der Waals surface area contributed by atoms with Crippen molar-refractivity contribution in [3.63, 3.8) is 0 Å². The molecule has 1 aliphatic heterocycles. The number of nitrogens with one attached hydrogen (secondary N) is 2. The smallest absolute Gasteiger partial charge is 0.273 e. The van der Waals surface area contributed by atoms with Crippen LogP contribution in [0.1, 0.15) is 26.5 Å². The van der Waals surface area contributed by atoms with Crippen LogP contribution in [0.4, 0.5) is 11.4 Å². The van der Waals surface area contributed by atoms with Crippen LogP contribution in [0.5, 0.6) is 0 Å². The number of benzene rings is 1. The van der Waals surface area contributed by atoms with E-state index >= 15 is 0 Å². The number of amides is 1. The molecule has 1 aromatic carbocycles. The molecule has 3 aromatic heterocycles. The summed E-state index contributed by atoms with van der Waals surface area (Å²) >= 11 is 0. The zero-order valence-corrected chi connectivity index (χ0v) is 16.6. The highest BCUT2D eigenvalue weighted by molar-refractivity contribution is 6.10. The molecule has 1 amide bonds. The minimum atomic E-state index is -0.266. The molecule has 31 heavy (non-hydrogen) atoms. The monoisotopic (exact) mass is 409 g/mol. The number of carbonyl (C=O) groups is 2. The van der Waals surface area contributed by atoms with Gasteiger partial charge in [-0.3, -0.25) is 19.6 Å². The number of pyridine rings is 2. The van der Waals surface area contributed by atoms with Crippen LogP contribution in [0.25, 0.3) is 11.3 Å². The van der Waals surface area contributed by atoms with E-state index in [1.54, 1.807) is 36.8 Å². The summed E-state index contributed by atoms with van der Waals surface area (Å²) in [6.45, 7) is 0.296. The van der Waals surface area contributed by atoms with E-state index in [-0.39, 0.29) is 18.2 Å². The first kappa shape index (κ1) is 18.7. The van der Waals surface area contributed by atoms with Gasteiger partial charge in [-0.05, 0) is 36.4 Å². The number of hydrogen-bond donors (Lipinski definition) is 2. The van der Waals surface area contributed by atoms with E-state index in [1.807, 2.05) is 42.5 Å². The van der Waals surface area contributed by atoms with Gasteiger partial charge in [-0.15, -0.1) is 0 Å². The minimum Gasteiger partial charge on any atom is -0.355 e. The number of aromatic amines is 1. The lowest BCUT2D eigenvalue weighted by molar-refractivity contribution is 0.0673. The van der Waals surface area contributed by atoms with Crippen LogP contribution < -0.4 is 5.32 Å². The van der Waals surface area contributed by atoms with Crippen molar-refractivity contribution in [2.24, 2.45) is 0 Å². The fourth-order valence-electron chi connectivity index (χ4n) is 3.80. The maximum Gasteiger partial charge on any atom is 0.273 e. The number of hydrogen-bond acceptors (Lipinski definition) is 5. The summed E-state index contributed by atoms with van der Waals surface area (Å²) in [5.41, 5.74) is 4.88. The second-order valence-corrected chi connectivity index (χ2v) is 7.25. The van der Waals surface area contributed by atoms with Crippen LogP contribution in [0, 0.1) is 0 Å². The second-order valence-electron chi connectivity index (χ2n) is 7.25. The lowest BCUT2D eigenvalue weighted by atomic mass is 10.0. The van der Waals surface area contributed by atoms with Gasteiger partial charge in [-0.25, -0.2) is 0 Å². The Morgan fingerprint density at radius 1 is 0.935 bits per heavy atom. The van der Waals surface area contributed by atoms with E-state index in [0.717, 1.165) is 16.9 Å². The third kappa shape index (κ3) is 3.57. The second kappa shape index (κ2) is 7.87. The molecule has 152 valence electrons. The van der Waals surface area contributed by atoms with Crippen molar-refractivity contribution < 1.29 is 9.59 Å². The zero-order chi connectivity index (χ0) is 21.2. The Labute approximate surface area is 178 Å². The molecule has 0 unspecified atom stereocenters. The zero-order valence-electron chi connectivity index (χ0n) is 16.6. The predicted molar refractivity (Wildman–Crippen MR) is 117 cm³/mol. The van der Waals surface area contributed by atoms with Crippen molar-refractivity contribution in [3.8, 4) is 11.3 Å². The van der Waals surface area contributed by atoms with Gasteiger partial charge in [0.2, 0.25) is 0 Å². The number of para-hydroxylation sites is 1. The maximum absolute atomic E-state index is 13.2. The molecule has 7 heteroatoms. The van der Waals surface area contributed by atoms with E-state index in [9.17, 15) is 9.59 Å². The largest absolute Gasteiger partial charge is 0.355 e. The van der Waals surface area contributed by atoms with Crippen molar-refractivity contribution in [1.82, 2.24) is 19.9 Å². The summed E-state index contributed by atoms with van der Waals surface area (Å²) in [7, 11) is 0. The fourth-order valence-corrected chi connectivity index (χ4v) is 3.80. The first-order chi connectivity index (χ1) is 15.2. The van der Waals surface area contributed by atoms with Gasteiger partial charge in [0.15, 0.2) is 5.78 Å². The van der Waals surface area contributed by atoms with Crippen LogP contribution in [0.3, 0.4) is 0 Å². The molecule has 0 bridgehead atoms. The van der Waals surface area contributed by atoms with Gasteiger partial charge in [0.1, 0.15) is 5.69 Å². The van der Waals surface area contributed by atoms with Gasteiger partial charge >= 0.3 is 0 Å². The molecule has 4 heterocycles. The van der Waals surface area contributed by atoms with E-state index < -0.39 is 0 Å². The quantitative estimate of drug-likeness (QED) is 0.531. The highest BCUT2D eigenvalue weighted by atomic mass is 16.2. The Kier molecular flexibility index (Phi) is 4.76. The van der Waals surface area contributed by atoms with Gasteiger partial charge in [-0.1, -0.05) is 24.3 Å². The molecule has 4 aromatic rings. The summed E-state index contributed by atoms with van der Waals surface area (Å²) in [6.07, 6.45) is 4.99. The number of rotatable bonds is 4. The lowest BCUT2D eigenvalue weighted by Gasteiger charge is -2.26. The van der Waals surface area contributed by atoms with Crippen molar-refractivity contribution in [1.29, 1.82) is 0 Å². The molecule has 5 rings (SSSR count). The number of fused-ring (bicyclic) bond motifs is 1. The molecule has 0 fully saturated rings. The Hall–Kier alpha value is -4.26. The van der Waals surface area contributed by atoms with Crippen LogP contribution in [-0.2, 0) is 6.54 Å². The average molecular weight is 409 g/mol. The molecule has 0 saturated carbocycles. The summed E-state index contributed by atoms with van der Waals surface area (Å²) in [5, 5.41) is 3.40. The van der Waals surface area contributed by atoms with E-state index in [1.165, 1.54) is 4.90 Å². The van der Waals surface area contributed by atoms with Gasteiger partial charge in [0, 0.05) is 35.5 Å². The molecule has 7 nitrogen and oxygen atoms in total. The molecular formula is C24H19N5O2. The third-order valence-corrected chi connectivity index (χ3v) is 5.22. The minimum absolute atomic E-state index is 0.000480. The first-order valence-electron chi connectivity index (χ1n) is 9.91. The normalized spacial score (nSPS) is 13.0. The van der Waals surface area contributed by atoms with Gasteiger partial charge in [0.05, 0.1) is 30.0 Å². The molecule has 0 atom stereocenters. The van der Waals surface area contributed by atoms with E-state index in [2.05, 4.69) is 20.3 Å². The summed E-state index contributed by atoms with van der Waals surface area (Å²) < 4.78 is 0. The molecule has 0 saturated heterocycles. The van der Waals surface area contributed by atoms with Crippen LogP contribution in [-0.4, -0.2) is 38.1 Å². The number of nitrogens with zero attached hydrogens (tertiary/aromatic N) is 3. The van der Waals surface area contributed by atoms with Crippen molar-refractivity contribution in [2.75, 3.05) is 11.9 Å². The molecular weight excluding hydrogens is 390 g/mol. The molecule has 1 aliphatic rings. The number of aromatic nitrogens is 3. The van der Waals surface area contributed by atoms with Gasteiger partial charge < -0.3 is 15.2 Å². The third-order valence-electron chi connectivity index (χ3n) is 5.22. The highest BCUT2D eigenvalue weighted by Crippen LogP contribution is 2.37. The van der Waals surface area contributed by atoms with E-state index in [4.69, 9.17) is 0 Å². The summed E-state index contributed by atoms with van der Waals surface area (Å²) in [4.78, 5) is 39.2. The number of Topliss-reactive ketones (excluding diaryl/α,β-unsaturated/α-hetero) is 1. The number of ketones is 1. The topological polar surface area (TPSA) is 91.0 Å². The Morgan fingerprint density at radius 3 is 2.45 bits per heavy atom. The summed E-state index contributed by atoms with van der Waals surface area (Å²) in [5.74, 6) is -0.391. The summed E-state index contributed by atoms with van der Waals surface area (Å²) in [6, 6.07) is 18.6. The van der Waals surface area contributed by atoms with Crippen LogP contribution >= 0.6 is 0 Å². The van der Waals surface area contributed by atoms with Gasteiger partial charge in [-0.2, -0.15) is 0 Å². The van der Waals surface area contributed by atoms with Crippen molar-refractivity contribution >= 4 is 23.1 Å². The Bertz CT molecular complexity index is 1240. The SMILES string of the molecule is O=C1CN(C(=O)c2ccccn2)Cc2[nH]c(-c3ccncc3)c(Nc3ccccc3)c21. The van der Waals surface area contributed by atoms with Gasteiger partial charge in [0.25, 0.3) is 5.91 Å². The van der Waals surface area contributed by atoms with E-state index in [0.29, 0.717) is 29.2 Å². The predicted octanol–water partition coefficient (Wildman–Crippen LogP) is 4.05. The molecule has 0 spiro atoms. The molecule has 0 aliphatic carbocycles. The average Bonchev–Trinajstić information content (AvgIpc) is 3.19. The number of carbonyl (C=O) groups excluding carboxylic acids is 2. The number of anilines is 2. The van der Waals surface area contributed by atoms with Crippen LogP contribution in [0.2, 0.25) is 0 Å². The fraction of sp³-hybridized carbons (Fsp3) is 0.0833. The number of H-pyrrole nitrogens is 1.